The molecule has 0 spiro atoms. The van der Waals surface area contributed by atoms with Gasteiger partial charge in [-0.25, -0.2) is 0 Å². The first kappa shape index (κ1) is 17.2. The maximum atomic E-state index is 13.7. The Morgan fingerprint density at radius 2 is 1.78 bits per heavy atom. The third kappa shape index (κ3) is 2.70. The number of rotatable bonds is 2. The largest absolute Gasteiger partial charge is 0.485 e. The van der Waals surface area contributed by atoms with E-state index < -0.39 is 0 Å². The summed E-state index contributed by atoms with van der Waals surface area (Å²) >= 11 is 3.62. The molecule has 4 unspecified atom stereocenters. The number of carbonyl (C=O) groups is 1. The van der Waals surface area contributed by atoms with Crippen LogP contribution < -0.4 is 4.74 Å². The van der Waals surface area contributed by atoms with Gasteiger partial charge in [-0.3, -0.25) is 4.79 Å². The minimum Gasteiger partial charge on any atom is -0.485 e. The minimum absolute atomic E-state index is 0.0640. The van der Waals surface area contributed by atoms with E-state index in [4.69, 9.17) is 4.74 Å². The predicted molar refractivity (Wildman–Crippen MR) is 110 cm³/mol. The Morgan fingerprint density at radius 3 is 2.56 bits per heavy atom. The highest BCUT2D eigenvalue weighted by atomic mass is 79.9. The van der Waals surface area contributed by atoms with Crippen LogP contribution in [-0.2, 0) is 0 Å². The lowest BCUT2D eigenvalue weighted by Crippen LogP contribution is -2.47. The van der Waals surface area contributed by atoms with Gasteiger partial charge in [-0.05, 0) is 55.0 Å². The molecule has 1 aliphatic heterocycles. The second kappa shape index (κ2) is 6.63. The highest BCUT2D eigenvalue weighted by Gasteiger charge is 2.50. The highest BCUT2D eigenvalue weighted by Crippen LogP contribution is 2.56. The average Bonchev–Trinajstić information content (AvgIpc) is 2.70. The summed E-state index contributed by atoms with van der Waals surface area (Å²) in [5, 5.41) is 0. The summed E-state index contributed by atoms with van der Waals surface area (Å²) in [5.74, 6) is 1.65. The first-order valence-electron chi connectivity index (χ1n) is 9.92. The summed E-state index contributed by atoms with van der Waals surface area (Å²) in [7, 11) is 0. The summed E-state index contributed by atoms with van der Waals surface area (Å²) < 4.78 is 7.53. The van der Waals surface area contributed by atoms with E-state index in [2.05, 4.69) is 35.0 Å². The molecule has 4 atom stereocenters. The number of fused-ring (bicyclic) bond motifs is 5. The molecule has 27 heavy (non-hydrogen) atoms. The molecule has 2 aromatic carbocycles. The Kier molecular flexibility index (Phi) is 4.23. The molecule has 138 valence electrons. The van der Waals surface area contributed by atoms with E-state index in [1.54, 1.807) is 0 Å². The lowest BCUT2D eigenvalue weighted by molar-refractivity contribution is 0.0705. The van der Waals surface area contributed by atoms with E-state index in [1.165, 1.54) is 29.6 Å². The molecular formula is C24H23BrO2. The van der Waals surface area contributed by atoms with Crippen LogP contribution in [0.15, 0.2) is 64.1 Å². The van der Waals surface area contributed by atoms with Gasteiger partial charge in [0, 0.05) is 21.9 Å². The van der Waals surface area contributed by atoms with Crippen molar-refractivity contribution in [2.45, 2.75) is 44.6 Å². The molecule has 0 amide bonds. The van der Waals surface area contributed by atoms with Crippen molar-refractivity contribution in [2.75, 3.05) is 0 Å². The van der Waals surface area contributed by atoms with Gasteiger partial charge in [-0.15, -0.1) is 0 Å². The van der Waals surface area contributed by atoms with Gasteiger partial charge in [-0.2, -0.15) is 0 Å². The Morgan fingerprint density at radius 1 is 1.04 bits per heavy atom. The van der Waals surface area contributed by atoms with Crippen LogP contribution in [0.2, 0.25) is 0 Å². The summed E-state index contributed by atoms with van der Waals surface area (Å²) in [6, 6.07) is 16.1. The number of benzene rings is 2. The maximum absolute atomic E-state index is 13.7. The zero-order chi connectivity index (χ0) is 18.5. The van der Waals surface area contributed by atoms with Gasteiger partial charge in [0.1, 0.15) is 11.9 Å². The van der Waals surface area contributed by atoms with E-state index in [-0.39, 0.29) is 23.7 Å². The molecule has 3 aliphatic rings. The van der Waals surface area contributed by atoms with Gasteiger partial charge in [0.05, 0.1) is 5.92 Å². The van der Waals surface area contributed by atoms with Crippen molar-refractivity contribution in [1.82, 2.24) is 0 Å². The van der Waals surface area contributed by atoms with Crippen molar-refractivity contribution in [2.24, 2.45) is 11.8 Å². The number of allylic oxidation sites excluding steroid dienone is 1. The average molecular weight is 423 g/mol. The second-order valence-electron chi connectivity index (χ2n) is 8.07. The lowest BCUT2D eigenvalue weighted by Gasteiger charge is -2.49. The normalized spacial score (nSPS) is 28.8. The SMILES string of the molecule is CC1C2Oc3ccc(Br)cc3C1C(C(=O)c1ccccc1)C1=C2CCCC1. The van der Waals surface area contributed by atoms with Crippen LogP contribution in [-0.4, -0.2) is 11.9 Å². The van der Waals surface area contributed by atoms with Crippen LogP contribution in [0.1, 0.15) is 54.4 Å². The predicted octanol–water partition coefficient (Wildman–Crippen LogP) is 6.31. The highest BCUT2D eigenvalue weighted by molar-refractivity contribution is 9.10. The van der Waals surface area contributed by atoms with E-state index in [1.807, 2.05) is 36.4 Å². The van der Waals surface area contributed by atoms with Crippen molar-refractivity contribution in [1.29, 1.82) is 0 Å². The molecular weight excluding hydrogens is 400 g/mol. The number of halogens is 1. The fourth-order valence-corrected chi connectivity index (χ4v) is 5.81. The second-order valence-corrected chi connectivity index (χ2v) is 8.99. The number of ether oxygens (including phenoxy) is 1. The standard InChI is InChI=1S/C24H23BrO2/c1-14-21-19-13-16(25)11-12-20(19)27-24(14)18-10-6-5-9-17(18)22(21)23(26)15-7-3-2-4-8-15/h2-4,7-8,11-14,21-22,24H,5-6,9-10H2,1H3. The molecule has 0 saturated heterocycles. The van der Waals surface area contributed by atoms with Gasteiger partial charge in [0.15, 0.2) is 5.78 Å². The third-order valence-corrected chi connectivity index (χ3v) is 7.10. The van der Waals surface area contributed by atoms with E-state index >= 15 is 0 Å². The number of hydrogen-bond acceptors (Lipinski definition) is 2. The van der Waals surface area contributed by atoms with Crippen LogP contribution in [0.25, 0.3) is 0 Å². The van der Waals surface area contributed by atoms with Gasteiger partial charge >= 0.3 is 0 Å². The Bertz CT molecular complexity index is 931. The van der Waals surface area contributed by atoms with Crippen LogP contribution in [0.5, 0.6) is 5.75 Å². The monoisotopic (exact) mass is 422 g/mol. The minimum atomic E-state index is -0.0640. The summed E-state index contributed by atoms with van der Waals surface area (Å²) in [6.07, 6.45) is 4.61. The number of hydrogen-bond donors (Lipinski definition) is 0. The molecule has 2 nitrogen and oxygen atoms in total. The van der Waals surface area contributed by atoms with Crippen molar-refractivity contribution in [3.63, 3.8) is 0 Å². The van der Waals surface area contributed by atoms with Crippen LogP contribution >= 0.6 is 15.9 Å². The lowest BCUT2D eigenvalue weighted by atomic mass is 9.60. The molecule has 0 aromatic heterocycles. The Balaban J connectivity index is 1.70. The Labute approximate surface area is 168 Å². The molecule has 5 rings (SSSR count). The fraction of sp³-hybridized carbons (Fsp3) is 0.375. The quantitative estimate of drug-likeness (QED) is 0.418. The Hall–Kier alpha value is -1.87. The maximum Gasteiger partial charge on any atom is 0.170 e. The van der Waals surface area contributed by atoms with Gasteiger partial charge in [0.25, 0.3) is 0 Å². The zero-order valence-corrected chi connectivity index (χ0v) is 17.0. The van der Waals surface area contributed by atoms with E-state index in [0.717, 1.165) is 28.6 Å². The molecule has 0 fully saturated rings. The van der Waals surface area contributed by atoms with Gasteiger partial charge in [-0.1, -0.05) is 58.8 Å². The fourth-order valence-electron chi connectivity index (χ4n) is 5.43. The van der Waals surface area contributed by atoms with Crippen LogP contribution in [0.4, 0.5) is 0 Å². The molecule has 2 aliphatic carbocycles. The number of carbonyl (C=O) groups excluding carboxylic acids is 1. The molecule has 2 bridgehead atoms. The molecule has 3 heteroatoms. The molecule has 0 N–H and O–H groups in total. The van der Waals surface area contributed by atoms with E-state index in [9.17, 15) is 4.79 Å². The summed E-state index contributed by atoms with van der Waals surface area (Å²) in [6.45, 7) is 2.27. The topological polar surface area (TPSA) is 26.3 Å². The smallest absolute Gasteiger partial charge is 0.170 e. The molecule has 1 heterocycles. The molecule has 0 saturated carbocycles. The first-order valence-corrected chi connectivity index (χ1v) is 10.7. The molecule has 2 aromatic rings. The van der Waals surface area contributed by atoms with E-state index in [0.29, 0.717) is 5.92 Å². The van der Waals surface area contributed by atoms with Crippen molar-refractivity contribution >= 4 is 21.7 Å². The number of ketones is 1. The zero-order valence-electron chi connectivity index (χ0n) is 15.5. The van der Waals surface area contributed by atoms with Crippen molar-refractivity contribution < 1.29 is 9.53 Å². The van der Waals surface area contributed by atoms with Gasteiger partial charge < -0.3 is 4.74 Å². The summed E-state index contributed by atoms with van der Waals surface area (Å²) in [5.41, 5.74) is 4.79. The van der Waals surface area contributed by atoms with Crippen LogP contribution in [0, 0.1) is 11.8 Å². The third-order valence-electron chi connectivity index (χ3n) is 6.60. The summed E-state index contributed by atoms with van der Waals surface area (Å²) in [4.78, 5) is 13.7. The van der Waals surface area contributed by atoms with Crippen molar-refractivity contribution in [3.05, 3.63) is 75.3 Å². The molecule has 0 radical (unpaired) electrons. The van der Waals surface area contributed by atoms with Crippen molar-refractivity contribution in [3.8, 4) is 5.75 Å². The first-order chi connectivity index (χ1) is 13.1. The van der Waals surface area contributed by atoms with Gasteiger partial charge in [0.2, 0.25) is 0 Å². The van der Waals surface area contributed by atoms with Crippen LogP contribution in [0.3, 0.4) is 0 Å². The number of Topliss-reactive ketones (excluding diaryl/α,β-unsaturated/α-hetero) is 1.